The molecule has 1 aliphatic heterocycles. The summed E-state index contributed by atoms with van der Waals surface area (Å²) in [7, 11) is 0. The van der Waals surface area contributed by atoms with Gasteiger partial charge in [-0.05, 0) is 12.0 Å². The maximum Gasteiger partial charge on any atom is 0.408 e. The van der Waals surface area contributed by atoms with E-state index in [9.17, 15) is 13.2 Å². The third-order valence-electron chi connectivity index (χ3n) is 3.83. The Kier molecular flexibility index (Phi) is 5.61. The van der Waals surface area contributed by atoms with Crippen LogP contribution in [0, 0.1) is 0 Å². The molecule has 1 saturated heterocycles. The van der Waals surface area contributed by atoms with E-state index in [1.807, 2.05) is 0 Å². The van der Waals surface area contributed by atoms with Crippen molar-refractivity contribution >= 4 is 0 Å². The molecule has 0 spiro atoms. The highest BCUT2D eigenvalue weighted by molar-refractivity contribution is 5.20. The lowest BCUT2D eigenvalue weighted by molar-refractivity contribution is -0.190. The Balaban J connectivity index is 2.04. The standard InChI is InChI=1S/C15H21F3N2O/c16-15(17,18)14(13-5-2-1-3-6-13)20-10-8-19(9-11-20)7-4-12-21/h1-3,5-6,14,21H,4,7-12H2/t14-/m1/s1. The van der Waals surface area contributed by atoms with E-state index in [0.717, 1.165) is 6.54 Å². The molecule has 21 heavy (non-hydrogen) atoms. The lowest BCUT2D eigenvalue weighted by Crippen LogP contribution is -2.50. The first-order valence-corrected chi connectivity index (χ1v) is 7.21. The summed E-state index contributed by atoms with van der Waals surface area (Å²) in [4.78, 5) is 3.61. The molecular weight excluding hydrogens is 281 g/mol. The van der Waals surface area contributed by atoms with E-state index >= 15 is 0 Å². The van der Waals surface area contributed by atoms with Crippen molar-refractivity contribution in [2.45, 2.75) is 18.6 Å². The van der Waals surface area contributed by atoms with Gasteiger partial charge in [-0.25, -0.2) is 0 Å². The monoisotopic (exact) mass is 302 g/mol. The Labute approximate surface area is 123 Å². The summed E-state index contributed by atoms with van der Waals surface area (Å²) >= 11 is 0. The fraction of sp³-hybridized carbons (Fsp3) is 0.600. The van der Waals surface area contributed by atoms with Crippen LogP contribution in [-0.4, -0.2) is 60.4 Å². The second kappa shape index (κ2) is 7.24. The molecule has 0 saturated carbocycles. The third-order valence-corrected chi connectivity index (χ3v) is 3.83. The van der Waals surface area contributed by atoms with E-state index in [1.165, 1.54) is 17.0 Å². The maximum absolute atomic E-state index is 13.4. The second-order valence-corrected chi connectivity index (χ2v) is 5.31. The predicted molar refractivity (Wildman–Crippen MR) is 75.0 cm³/mol. The Bertz CT molecular complexity index is 417. The second-order valence-electron chi connectivity index (χ2n) is 5.31. The molecule has 3 nitrogen and oxygen atoms in total. The van der Waals surface area contributed by atoms with Gasteiger partial charge in [-0.3, -0.25) is 4.90 Å². The first-order valence-electron chi connectivity index (χ1n) is 7.21. The average molecular weight is 302 g/mol. The number of hydrogen-bond acceptors (Lipinski definition) is 3. The molecule has 2 rings (SSSR count). The number of aliphatic hydroxyl groups is 1. The van der Waals surface area contributed by atoms with Crippen LogP contribution in [0.4, 0.5) is 13.2 Å². The van der Waals surface area contributed by atoms with E-state index < -0.39 is 12.2 Å². The predicted octanol–water partition coefficient (Wildman–Crippen LogP) is 2.29. The quantitative estimate of drug-likeness (QED) is 0.904. The van der Waals surface area contributed by atoms with E-state index in [2.05, 4.69) is 4.90 Å². The normalized spacial score (nSPS) is 19.6. The zero-order valence-corrected chi connectivity index (χ0v) is 11.9. The molecule has 1 atom stereocenters. The van der Waals surface area contributed by atoms with Gasteiger partial charge in [-0.2, -0.15) is 13.2 Å². The van der Waals surface area contributed by atoms with E-state index in [-0.39, 0.29) is 6.61 Å². The van der Waals surface area contributed by atoms with Gasteiger partial charge in [-0.1, -0.05) is 30.3 Å². The number of rotatable bonds is 5. The molecule has 1 aliphatic rings. The number of hydrogen-bond donors (Lipinski definition) is 1. The summed E-state index contributed by atoms with van der Waals surface area (Å²) in [5.41, 5.74) is 0.300. The van der Waals surface area contributed by atoms with Crippen molar-refractivity contribution in [3.63, 3.8) is 0 Å². The Morgan fingerprint density at radius 1 is 1.05 bits per heavy atom. The van der Waals surface area contributed by atoms with Crippen LogP contribution in [0.2, 0.25) is 0 Å². The van der Waals surface area contributed by atoms with E-state index in [4.69, 9.17) is 5.11 Å². The molecule has 118 valence electrons. The van der Waals surface area contributed by atoms with Crippen LogP contribution < -0.4 is 0 Å². The lowest BCUT2D eigenvalue weighted by Gasteiger charge is -2.40. The summed E-state index contributed by atoms with van der Waals surface area (Å²) in [6.07, 6.45) is -3.60. The van der Waals surface area contributed by atoms with Gasteiger partial charge in [0, 0.05) is 39.3 Å². The summed E-state index contributed by atoms with van der Waals surface area (Å²) in [6, 6.07) is 6.56. The van der Waals surface area contributed by atoms with Crippen molar-refractivity contribution in [1.29, 1.82) is 0 Å². The number of benzene rings is 1. The smallest absolute Gasteiger partial charge is 0.396 e. The van der Waals surface area contributed by atoms with Gasteiger partial charge in [0.2, 0.25) is 0 Å². The van der Waals surface area contributed by atoms with Crippen LogP contribution in [0.15, 0.2) is 30.3 Å². The van der Waals surface area contributed by atoms with Gasteiger partial charge < -0.3 is 10.0 Å². The summed E-state index contributed by atoms with van der Waals surface area (Å²) in [5.74, 6) is 0. The first-order chi connectivity index (χ1) is 10.0. The Morgan fingerprint density at radius 3 is 2.19 bits per heavy atom. The minimum absolute atomic E-state index is 0.120. The van der Waals surface area contributed by atoms with Crippen molar-refractivity contribution < 1.29 is 18.3 Å². The van der Waals surface area contributed by atoms with Crippen LogP contribution in [0.1, 0.15) is 18.0 Å². The molecule has 1 aromatic rings. The fourth-order valence-corrected chi connectivity index (χ4v) is 2.78. The van der Waals surface area contributed by atoms with Crippen molar-refractivity contribution in [3.05, 3.63) is 35.9 Å². The fourth-order valence-electron chi connectivity index (χ4n) is 2.78. The molecule has 1 heterocycles. The topological polar surface area (TPSA) is 26.7 Å². The van der Waals surface area contributed by atoms with Crippen LogP contribution in [0.5, 0.6) is 0 Å². The molecular formula is C15H21F3N2O. The van der Waals surface area contributed by atoms with Crippen molar-refractivity contribution in [1.82, 2.24) is 9.80 Å². The number of piperazine rings is 1. The zero-order valence-electron chi connectivity index (χ0n) is 11.9. The molecule has 0 radical (unpaired) electrons. The van der Waals surface area contributed by atoms with Crippen molar-refractivity contribution in [2.75, 3.05) is 39.3 Å². The third kappa shape index (κ3) is 4.43. The van der Waals surface area contributed by atoms with Gasteiger partial charge >= 0.3 is 6.18 Å². The molecule has 1 aromatic carbocycles. The molecule has 1 fully saturated rings. The van der Waals surface area contributed by atoms with Crippen molar-refractivity contribution in [3.8, 4) is 0 Å². The number of halogens is 3. The highest BCUT2D eigenvalue weighted by atomic mass is 19.4. The van der Waals surface area contributed by atoms with Gasteiger partial charge in [0.05, 0.1) is 0 Å². The number of aliphatic hydroxyl groups excluding tert-OH is 1. The van der Waals surface area contributed by atoms with E-state index in [0.29, 0.717) is 38.2 Å². The summed E-state index contributed by atoms with van der Waals surface area (Å²) < 4.78 is 40.2. The van der Waals surface area contributed by atoms with Gasteiger partial charge in [0.15, 0.2) is 0 Å². The highest BCUT2D eigenvalue weighted by Gasteiger charge is 2.45. The SMILES string of the molecule is OCCCN1CCN([C@H](c2ccccc2)C(F)(F)F)CC1. The lowest BCUT2D eigenvalue weighted by atomic mass is 10.0. The first kappa shape index (κ1) is 16.3. The van der Waals surface area contributed by atoms with Gasteiger partial charge in [-0.15, -0.1) is 0 Å². The Hall–Kier alpha value is -1.11. The maximum atomic E-state index is 13.4. The highest BCUT2D eigenvalue weighted by Crippen LogP contribution is 2.37. The summed E-state index contributed by atoms with van der Waals surface area (Å²) in [6.45, 7) is 2.87. The molecule has 0 bridgehead atoms. The van der Waals surface area contributed by atoms with Gasteiger partial charge in [0.25, 0.3) is 0 Å². The van der Waals surface area contributed by atoms with E-state index in [1.54, 1.807) is 18.2 Å². The minimum atomic E-state index is -4.27. The average Bonchev–Trinajstić information content (AvgIpc) is 2.46. The summed E-state index contributed by atoms with van der Waals surface area (Å²) in [5, 5.41) is 8.81. The van der Waals surface area contributed by atoms with Crippen molar-refractivity contribution in [2.24, 2.45) is 0 Å². The zero-order chi connectivity index (χ0) is 15.3. The number of nitrogens with zero attached hydrogens (tertiary/aromatic N) is 2. The molecule has 0 aliphatic carbocycles. The Morgan fingerprint density at radius 2 is 1.67 bits per heavy atom. The minimum Gasteiger partial charge on any atom is -0.396 e. The largest absolute Gasteiger partial charge is 0.408 e. The van der Waals surface area contributed by atoms with Crippen LogP contribution in [0.25, 0.3) is 0 Å². The van der Waals surface area contributed by atoms with Crippen LogP contribution in [-0.2, 0) is 0 Å². The molecule has 0 aromatic heterocycles. The molecule has 0 unspecified atom stereocenters. The van der Waals surface area contributed by atoms with Gasteiger partial charge in [0.1, 0.15) is 6.04 Å². The molecule has 0 amide bonds. The number of alkyl halides is 3. The molecule has 1 N–H and O–H groups in total. The van der Waals surface area contributed by atoms with Crippen LogP contribution in [0.3, 0.4) is 0 Å². The van der Waals surface area contributed by atoms with Crippen LogP contribution >= 0.6 is 0 Å². The molecule has 6 heteroatoms.